The van der Waals surface area contributed by atoms with Gasteiger partial charge in [0, 0.05) is 6.07 Å². The van der Waals surface area contributed by atoms with Crippen molar-refractivity contribution in [3.05, 3.63) is 57.1 Å². The zero-order valence-corrected chi connectivity index (χ0v) is 14.9. The van der Waals surface area contributed by atoms with E-state index in [1.807, 2.05) is 6.92 Å². The second-order valence-electron chi connectivity index (χ2n) is 5.56. The van der Waals surface area contributed by atoms with Gasteiger partial charge >= 0.3 is 5.76 Å². The van der Waals surface area contributed by atoms with E-state index in [9.17, 15) is 23.3 Å². The molecule has 0 aliphatic carbocycles. The third-order valence-electron chi connectivity index (χ3n) is 3.59. The molecule has 142 valence electrons. The van der Waals surface area contributed by atoms with Crippen LogP contribution < -0.4 is 15.2 Å². The Hall–Kier alpha value is -3.34. The third-order valence-corrected chi connectivity index (χ3v) is 4.95. The molecular weight excluding hydrogens is 378 g/mol. The Labute approximate surface area is 153 Å². The lowest BCUT2D eigenvalue weighted by molar-refractivity contribution is -0.384. The number of benzene rings is 2. The van der Waals surface area contributed by atoms with Crippen molar-refractivity contribution in [1.82, 2.24) is 4.98 Å². The Morgan fingerprint density at radius 2 is 2.04 bits per heavy atom. The Bertz CT molecular complexity index is 1160. The first kappa shape index (κ1) is 18.5. The lowest BCUT2D eigenvalue weighted by Gasteiger charge is -2.10. The molecule has 0 saturated heterocycles. The van der Waals surface area contributed by atoms with E-state index in [-0.39, 0.29) is 21.9 Å². The number of ether oxygens (including phenoxy) is 1. The van der Waals surface area contributed by atoms with Gasteiger partial charge in [-0.1, -0.05) is 6.92 Å². The summed E-state index contributed by atoms with van der Waals surface area (Å²) in [6.45, 7) is 2.27. The summed E-state index contributed by atoms with van der Waals surface area (Å²) in [5, 5.41) is 11.3. The second kappa shape index (κ2) is 7.11. The Kier molecular flexibility index (Phi) is 4.86. The van der Waals surface area contributed by atoms with Crippen LogP contribution in [0.3, 0.4) is 0 Å². The Balaban J connectivity index is 1.96. The quantitative estimate of drug-likeness (QED) is 0.463. The van der Waals surface area contributed by atoms with Crippen molar-refractivity contribution in [1.29, 1.82) is 0 Å². The number of anilines is 1. The highest BCUT2D eigenvalue weighted by Crippen LogP contribution is 2.31. The number of oxazole rings is 1. The average molecular weight is 393 g/mol. The molecule has 0 bridgehead atoms. The molecule has 10 nitrogen and oxygen atoms in total. The summed E-state index contributed by atoms with van der Waals surface area (Å²) < 4.78 is 37.5. The fraction of sp³-hybridized carbons (Fsp3) is 0.188. The van der Waals surface area contributed by atoms with Gasteiger partial charge in [0.15, 0.2) is 5.58 Å². The van der Waals surface area contributed by atoms with Crippen LogP contribution in [0.25, 0.3) is 11.1 Å². The minimum atomic E-state index is -4.15. The molecule has 0 aliphatic heterocycles. The van der Waals surface area contributed by atoms with Gasteiger partial charge in [0.1, 0.15) is 11.4 Å². The lowest BCUT2D eigenvalue weighted by atomic mass is 10.2. The van der Waals surface area contributed by atoms with Gasteiger partial charge in [-0.05, 0) is 30.7 Å². The average Bonchev–Trinajstić information content (AvgIpc) is 2.99. The SMILES string of the molecule is CCCOc1ccc(NS(=O)(=O)c2ccc3[nH]c(=O)oc3c2)c([N+](=O)[O-])c1. The van der Waals surface area contributed by atoms with Crippen LogP contribution >= 0.6 is 0 Å². The number of hydrogen-bond donors (Lipinski definition) is 2. The monoisotopic (exact) mass is 393 g/mol. The van der Waals surface area contributed by atoms with Gasteiger partial charge in [-0.25, -0.2) is 13.2 Å². The highest BCUT2D eigenvalue weighted by atomic mass is 32.2. The highest BCUT2D eigenvalue weighted by molar-refractivity contribution is 7.92. The van der Waals surface area contributed by atoms with Crippen LogP contribution in [0.5, 0.6) is 5.75 Å². The summed E-state index contributed by atoms with van der Waals surface area (Å²) in [4.78, 5) is 24.0. The largest absolute Gasteiger partial charge is 0.493 e. The summed E-state index contributed by atoms with van der Waals surface area (Å²) in [7, 11) is -4.15. The van der Waals surface area contributed by atoms with E-state index >= 15 is 0 Å². The van der Waals surface area contributed by atoms with Gasteiger partial charge in [0.25, 0.3) is 15.7 Å². The van der Waals surface area contributed by atoms with Crippen molar-refractivity contribution in [2.45, 2.75) is 18.2 Å². The maximum atomic E-state index is 12.6. The molecule has 0 atom stereocenters. The normalized spacial score (nSPS) is 11.4. The molecular formula is C16H15N3O7S. The number of fused-ring (bicyclic) bond motifs is 1. The molecule has 0 spiro atoms. The molecule has 2 aromatic carbocycles. The van der Waals surface area contributed by atoms with Crippen LogP contribution in [-0.4, -0.2) is 24.9 Å². The Morgan fingerprint density at radius 1 is 1.26 bits per heavy atom. The van der Waals surface area contributed by atoms with Crippen LogP contribution in [0.15, 0.2) is 50.5 Å². The van der Waals surface area contributed by atoms with Crippen LogP contribution in [0.4, 0.5) is 11.4 Å². The van der Waals surface area contributed by atoms with Gasteiger partial charge in [-0.3, -0.25) is 19.8 Å². The maximum absolute atomic E-state index is 12.6. The number of H-pyrrole nitrogens is 1. The van der Waals surface area contributed by atoms with E-state index in [1.54, 1.807) is 0 Å². The molecule has 0 fully saturated rings. The van der Waals surface area contributed by atoms with Crippen molar-refractivity contribution in [2.75, 3.05) is 11.3 Å². The molecule has 2 N–H and O–H groups in total. The second-order valence-corrected chi connectivity index (χ2v) is 7.24. The molecule has 0 aliphatic rings. The predicted molar refractivity (Wildman–Crippen MR) is 96.5 cm³/mol. The third kappa shape index (κ3) is 3.92. The molecule has 0 radical (unpaired) electrons. The van der Waals surface area contributed by atoms with Gasteiger partial charge in [0.05, 0.1) is 28.0 Å². The first-order valence-electron chi connectivity index (χ1n) is 7.87. The van der Waals surface area contributed by atoms with Crippen LogP contribution in [0.2, 0.25) is 0 Å². The molecule has 11 heteroatoms. The van der Waals surface area contributed by atoms with Gasteiger partial charge < -0.3 is 9.15 Å². The number of aromatic nitrogens is 1. The smallest absolute Gasteiger partial charge is 0.417 e. The summed E-state index contributed by atoms with van der Waals surface area (Å²) in [6, 6.07) is 7.62. The van der Waals surface area contributed by atoms with Crippen molar-refractivity contribution in [3.63, 3.8) is 0 Å². The number of nitro benzene ring substituents is 1. The number of hydrogen-bond acceptors (Lipinski definition) is 7. The minimum absolute atomic E-state index is 0.0562. The van der Waals surface area contributed by atoms with Gasteiger partial charge in [0.2, 0.25) is 0 Å². The van der Waals surface area contributed by atoms with Crippen molar-refractivity contribution in [3.8, 4) is 5.75 Å². The molecule has 3 rings (SSSR count). The molecule has 27 heavy (non-hydrogen) atoms. The highest BCUT2D eigenvalue weighted by Gasteiger charge is 2.22. The minimum Gasteiger partial charge on any atom is -0.493 e. The lowest BCUT2D eigenvalue weighted by Crippen LogP contribution is -2.14. The zero-order valence-electron chi connectivity index (χ0n) is 14.1. The van der Waals surface area contributed by atoms with E-state index < -0.39 is 26.4 Å². The van der Waals surface area contributed by atoms with E-state index in [2.05, 4.69) is 9.71 Å². The van der Waals surface area contributed by atoms with Gasteiger partial charge in [-0.15, -0.1) is 0 Å². The number of sulfonamides is 1. The number of nitrogens with one attached hydrogen (secondary N) is 2. The summed E-state index contributed by atoms with van der Waals surface area (Å²) in [5.41, 5.74) is -0.260. The first-order chi connectivity index (χ1) is 12.8. The van der Waals surface area contributed by atoms with Crippen molar-refractivity contribution in [2.24, 2.45) is 0 Å². The van der Waals surface area contributed by atoms with Crippen molar-refractivity contribution >= 4 is 32.5 Å². The molecule has 1 aromatic heterocycles. The van der Waals surface area contributed by atoms with Crippen LogP contribution in [0.1, 0.15) is 13.3 Å². The Morgan fingerprint density at radius 3 is 2.74 bits per heavy atom. The number of rotatable bonds is 7. The number of nitrogens with zero attached hydrogens (tertiary/aromatic N) is 1. The summed E-state index contributed by atoms with van der Waals surface area (Å²) in [5.74, 6) is -0.451. The topological polar surface area (TPSA) is 145 Å². The van der Waals surface area contributed by atoms with Crippen LogP contribution in [0, 0.1) is 10.1 Å². The van der Waals surface area contributed by atoms with E-state index in [4.69, 9.17) is 9.15 Å². The zero-order chi connectivity index (χ0) is 19.6. The first-order valence-corrected chi connectivity index (χ1v) is 9.35. The van der Waals surface area contributed by atoms with E-state index in [0.29, 0.717) is 12.1 Å². The standard InChI is InChI=1S/C16H15N3O7S/c1-2-7-25-10-3-5-12(14(8-10)19(21)22)18-27(23,24)11-4-6-13-15(9-11)26-16(20)17-13/h3-6,8-9,18H,2,7H2,1H3,(H,17,20). The maximum Gasteiger partial charge on any atom is 0.417 e. The molecule has 1 heterocycles. The molecule has 3 aromatic rings. The molecule has 0 amide bonds. The summed E-state index contributed by atoms with van der Waals surface area (Å²) in [6.07, 6.45) is 0.722. The van der Waals surface area contributed by atoms with E-state index in [1.165, 1.54) is 24.3 Å². The van der Waals surface area contributed by atoms with E-state index in [0.717, 1.165) is 18.6 Å². The number of aromatic amines is 1. The molecule has 0 saturated carbocycles. The van der Waals surface area contributed by atoms with Gasteiger partial charge in [-0.2, -0.15) is 0 Å². The fourth-order valence-electron chi connectivity index (χ4n) is 2.36. The van der Waals surface area contributed by atoms with Crippen molar-refractivity contribution < 1.29 is 22.5 Å². The summed E-state index contributed by atoms with van der Waals surface area (Å²) >= 11 is 0. The molecule has 0 unspecified atom stereocenters. The number of nitro groups is 1. The predicted octanol–water partition coefficient (Wildman–Crippen LogP) is 2.62. The van der Waals surface area contributed by atoms with Crippen LogP contribution in [-0.2, 0) is 10.0 Å². The fourth-order valence-corrected chi connectivity index (χ4v) is 3.44.